The first-order valence-corrected chi connectivity index (χ1v) is 8.75. The van der Waals surface area contributed by atoms with Crippen molar-refractivity contribution in [1.29, 1.82) is 0 Å². The minimum absolute atomic E-state index is 0.343. The Morgan fingerprint density at radius 2 is 1.63 bits per heavy atom. The summed E-state index contributed by atoms with van der Waals surface area (Å²) in [6.45, 7) is 3.89. The number of amides is 2. The third-order valence-electron chi connectivity index (χ3n) is 4.38. The van der Waals surface area contributed by atoms with Crippen molar-refractivity contribution >= 4 is 12.0 Å². The summed E-state index contributed by atoms with van der Waals surface area (Å²) in [5.41, 5.74) is 2.91. The van der Waals surface area contributed by atoms with Gasteiger partial charge in [0.2, 0.25) is 0 Å². The van der Waals surface area contributed by atoms with Crippen molar-refractivity contribution in [3.8, 4) is 11.5 Å². The van der Waals surface area contributed by atoms with Crippen LogP contribution >= 0.6 is 0 Å². The number of urea groups is 1. The molecule has 1 aliphatic rings. The maximum Gasteiger partial charge on any atom is 0.337 e. The number of methoxy groups -OCH3 is 1. The lowest BCUT2D eigenvalue weighted by molar-refractivity contribution is -0.136. The molecule has 0 spiro atoms. The van der Waals surface area contributed by atoms with Gasteiger partial charge in [-0.2, -0.15) is 0 Å². The Morgan fingerprint density at radius 3 is 2.19 bits per heavy atom. The fraction of sp³-hybridized carbons (Fsp3) is 0.238. The van der Waals surface area contributed by atoms with Crippen LogP contribution in [0, 0.1) is 6.92 Å². The van der Waals surface area contributed by atoms with E-state index in [2.05, 4.69) is 10.6 Å². The molecule has 0 radical (unpaired) electrons. The van der Waals surface area contributed by atoms with Crippen LogP contribution in [0.3, 0.4) is 0 Å². The molecule has 0 aromatic heterocycles. The van der Waals surface area contributed by atoms with Crippen molar-refractivity contribution in [2.24, 2.45) is 0 Å². The number of carbonyl (C=O) groups excluding carboxylic acids is 2. The zero-order valence-electron chi connectivity index (χ0n) is 15.5. The SMILES string of the molecule is CCC1=C(C(=O)OC)C(c2ccc(Oc3ccc(C)cc3)cc2)NC(=O)N1. The Morgan fingerprint density at radius 1 is 1.04 bits per heavy atom. The number of carbonyl (C=O) groups is 2. The smallest absolute Gasteiger partial charge is 0.337 e. The molecule has 1 aliphatic heterocycles. The maximum atomic E-state index is 12.3. The highest BCUT2D eigenvalue weighted by molar-refractivity contribution is 5.95. The van der Waals surface area contributed by atoms with Gasteiger partial charge in [0.25, 0.3) is 0 Å². The number of aryl methyl sites for hydroxylation is 1. The van der Waals surface area contributed by atoms with Crippen molar-refractivity contribution in [3.05, 3.63) is 70.9 Å². The Balaban J connectivity index is 1.87. The van der Waals surface area contributed by atoms with Crippen LogP contribution in [0.2, 0.25) is 0 Å². The highest BCUT2D eigenvalue weighted by Crippen LogP contribution is 2.30. The van der Waals surface area contributed by atoms with E-state index in [1.807, 2.05) is 62.4 Å². The highest BCUT2D eigenvalue weighted by Gasteiger charge is 2.32. The average molecular weight is 366 g/mol. The average Bonchev–Trinajstić information content (AvgIpc) is 2.69. The standard InChI is InChI=1S/C21H22N2O4/c1-4-17-18(20(24)26-3)19(23-21(25)22-17)14-7-11-16(12-8-14)27-15-9-5-13(2)6-10-15/h5-12,19H,4H2,1-3H3,(H2,22,23,25). The summed E-state index contributed by atoms with van der Waals surface area (Å²) in [6.07, 6.45) is 0.517. The summed E-state index contributed by atoms with van der Waals surface area (Å²) in [6, 6.07) is 14.1. The highest BCUT2D eigenvalue weighted by atomic mass is 16.5. The summed E-state index contributed by atoms with van der Waals surface area (Å²) in [5, 5.41) is 5.47. The van der Waals surface area contributed by atoms with Crippen molar-refractivity contribution < 1.29 is 19.1 Å². The molecule has 6 heteroatoms. The van der Waals surface area contributed by atoms with E-state index in [9.17, 15) is 9.59 Å². The lowest BCUT2D eigenvalue weighted by Gasteiger charge is -2.28. The molecule has 0 saturated heterocycles. The van der Waals surface area contributed by atoms with Crippen LogP contribution in [0.5, 0.6) is 11.5 Å². The summed E-state index contributed by atoms with van der Waals surface area (Å²) in [5.74, 6) is 0.943. The topological polar surface area (TPSA) is 76.7 Å². The number of esters is 1. The number of benzene rings is 2. The van der Waals surface area contributed by atoms with Crippen LogP contribution in [0.4, 0.5) is 4.79 Å². The number of hydrogen-bond acceptors (Lipinski definition) is 4. The summed E-state index contributed by atoms with van der Waals surface area (Å²) >= 11 is 0. The van der Waals surface area contributed by atoms with Gasteiger partial charge in [-0.15, -0.1) is 0 Å². The van der Waals surface area contributed by atoms with Crippen molar-refractivity contribution in [2.45, 2.75) is 26.3 Å². The minimum atomic E-state index is -0.574. The molecule has 3 rings (SSSR count). The van der Waals surface area contributed by atoms with Crippen molar-refractivity contribution in [3.63, 3.8) is 0 Å². The molecular weight excluding hydrogens is 344 g/mol. The summed E-state index contributed by atoms with van der Waals surface area (Å²) in [4.78, 5) is 24.2. The first kappa shape index (κ1) is 18.5. The quantitative estimate of drug-likeness (QED) is 0.785. The molecule has 0 bridgehead atoms. The third kappa shape index (κ3) is 4.11. The Labute approximate surface area is 158 Å². The number of hydrogen-bond donors (Lipinski definition) is 2. The first-order chi connectivity index (χ1) is 13.0. The zero-order chi connectivity index (χ0) is 19.4. The Bertz CT molecular complexity index is 870. The molecule has 2 aromatic rings. The van der Waals surface area contributed by atoms with Crippen LogP contribution in [-0.4, -0.2) is 19.1 Å². The number of nitrogens with one attached hydrogen (secondary N) is 2. The molecule has 1 atom stereocenters. The summed E-state index contributed by atoms with van der Waals surface area (Å²) < 4.78 is 10.7. The Kier molecular flexibility index (Phi) is 5.45. The van der Waals surface area contributed by atoms with Crippen molar-refractivity contribution in [1.82, 2.24) is 10.6 Å². The second kappa shape index (κ2) is 7.95. The van der Waals surface area contributed by atoms with Gasteiger partial charge in [-0.25, -0.2) is 9.59 Å². The normalized spacial score (nSPS) is 16.4. The first-order valence-electron chi connectivity index (χ1n) is 8.75. The van der Waals surface area contributed by atoms with Gasteiger partial charge in [-0.1, -0.05) is 36.8 Å². The monoisotopic (exact) mass is 366 g/mol. The second-order valence-electron chi connectivity index (χ2n) is 6.25. The molecule has 2 aromatic carbocycles. The van der Waals surface area contributed by atoms with Crippen LogP contribution in [0.1, 0.15) is 30.5 Å². The van der Waals surface area contributed by atoms with Crippen molar-refractivity contribution in [2.75, 3.05) is 7.11 Å². The predicted molar refractivity (Wildman–Crippen MR) is 101 cm³/mol. The van der Waals surface area contributed by atoms with Gasteiger partial charge >= 0.3 is 12.0 Å². The van der Waals surface area contributed by atoms with E-state index in [1.54, 1.807) is 0 Å². The largest absolute Gasteiger partial charge is 0.466 e. The van der Waals surface area contributed by atoms with E-state index >= 15 is 0 Å². The molecule has 140 valence electrons. The van der Waals surface area contributed by atoms with Gasteiger partial charge in [0.05, 0.1) is 18.7 Å². The van der Waals surface area contributed by atoms with Gasteiger partial charge in [-0.3, -0.25) is 0 Å². The van der Waals surface area contributed by atoms with Crippen LogP contribution < -0.4 is 15.4 Å². The summed E-state index contributed by atoms with van der Waals surface area (Å²) in [7, 11) is 1.33. The molecule has 0 aliphatic carbocycles. The fourth-order valence-corrected chi connectivity index (χ4v) is 2.97. The zero-order valence-corrected chi connectivity index (χ0v) is 15.5. The Hall–Kier alpha value is -3.28. The van der Waals surface area contributed by atoms with Gasteiger partial charge in [0.15, 0.2) is 0 Å². The molecule has 2 N–H and O–H groups in total. The lowest BCUT2D eigenvalue weighted by Crippen LogP contribution is -2.45. The van der Waals surface area contributed by atoms with Gasteiger partial charge < -0.3 is 20.1 Å². The van der Waals surface area contributed by atoms with E-state index in [4.69, 9.17) is 9.47 Å². The molecule has 1 unspecified atom stereocenters. The molecule has 27 heavy (non-hydrogen) atoms. The van der Waals surface area contributed by atoms with Gasteiger partial charge in [0, 0.05) is 5.70 Å². The minimum Gasteiger partial charge on any atom is -0.466 e. The van der Waals surface area contributed by atoms with Gasteiger partial charge in [-0.05, 0) is 43.2 Å². The van der Waals surface area contributed by atoms with Crippen LogP contribution in [-0.2, 0) is 9.53 Å². The molecule has 1 heterocycles. The second-order valence-corrected chi connectivity index (χ2v) is 6.25. The van der Waals surface area contributed by atoms with Crippen LogP contribution in [0.25, 0.3) is 0 Å². The van der Waals surface area contributed by atoms with E-state index in [0.717, 1.165) is 16.9 Å². The molecular formula is C21H22N2O4. The number of rotatable bonds is 5. The maximum absolute atomic E-state index is 12.3. The van der Waals surface area contributed by atoms with E-state index in [-0.39, 0.29) is 6.03 Å². The molecule has 6 nitrogen and oxygen atoms in total. The van der Waals surface area contributed by atoms with E-state index in [0.29, 0.717) is 23.4 Å². The van der Waals surface area contributed by atoms with Gasteiger partial charge in [0.1, 0.15) is 11.5 Å². The molecule has 2 amide bonds. The predicted octanol–water partition coefficient (Wildman–Crippen LogP) is 3.98. The van der Waals surface area contributed by atoms with Crippen LogP contribution in [0.15, 0.2) is 59.8 Å². The number of allylic oxidation sites excluding steroid dienone is 1. The van der Waals surface area contributed by atoms with E-state index in [1.165, 1.54) is 7.11 Å². The third-order valence-corrected chi connectivity index (χ3v) is 4.38. The molecule has 0 saturated carbocycles. The lowest BCUT2D eigenvalue weighted by atomic mass is 9.94. The number of ether oxygens (including phenoxy) is 2. The molecule has 0 fully saturated rings. The fourth-order valence-electron chi connectivity index (χ4n) is 2.97. The van der Waals surface area contributed by atoms with E-state index < -0.39 is 12.0 Å².